The lowest BCUT2D eigenvalue weighted by atomic mass is 10.1. The number of fused-ring (bicyclic) bond motifs is 1. The lowest BCUT2D eigenvalue weighted by molar-refractivity contribution is -0.131. The third kappa shape index (κ3) is 4.57. The highest BCUT2D eigenvalue weighted by Gasteiger charge is 2.30. The summed E-state index contributed by atoms with van der Waals surface area (Å²) in [5, 5.41) is 0. The van der Waals surface area contributed by atoms with Gasteiger partial charge in [-0.25, -0.2) is 8.42 Å². The van der Waals surface area contributed by atoms with E-state index in [4.69, 9.17) is 5.73 Å². The molecule has 156 valence electrons. The van der Waals surface area contributed by atoms with Crippen molar-refractivity contribution in [3.05, 3.63) is 59.2 Å². The number of sulfonamides is 1. The molecule has 0 saturated carbocycles. The normalized spacial score (nSPS) is 16.9. The second-order valence-electron chi connectivity index (χ2n) is 7.49. The van der Waals surface area contributed by atoms with Gasteiger partial charge in [-0.05, 0) is 60.2 Å². The molecule has 2 N–H and O–H groups in total. The lowest BCUT2D eigenvalue weighted by Gasteiger charge is -2.34. The summed E-state index contributed by atoms with van der Waals surface area (Å²) < 4.78 is 27.5. The van der Waals surface area contributed by atoms with Crippen LogP contribution in [0.2, 0.25) is 0 Å². The van der Waals surface area contributed by atoms with Crippen LogP contribution in [0.1, 0.15) is 23.1 Å². The standard InChI is InChI=1S/C21H25N3O3S.ClH/c22-19-7-4-16(5-8-19)14-21(25)23-10-12-24(13-11-23)28(26,27)20-9-6-17-2-1-3-18(17)15-20;/h4-9,15H,1-3,10-14,22H2;1H. The van der Waals surface area contributed by atoms with E-state index in [1.54, 1.807) is 23.1 Å². The topological polar surface area (TPSA) is 83.7 Å². The summed E-state index contributed by atoms with van der Waals surface area (Å²) in [6.07, 6.45) is 3.38. The zero-order valence-corrected chi connectivity index (χ0v) is 17.8. The van der Waals surface area contributed by atoms with Gasteiger partial charge in [0.1, 0.15) is 0 Å². The quantitative estimate of drug-likeness (QED) is 0.746. The number of aryl methyl sites for hydroxylation is 2. The van der Waals surface area contributed by atoms with Crippen LogP contribution in [-0.2, 0) is 34.1 Å². The number of hydrogen-bond acceptors (Lipinski definition) is 4. The summed E-state index contributed by atoms with van der Waals surface area (Å²) in [6.45, 7) is 1.48. The first-order valence-electron chi connectivity index (χ1n) is 9.67. The first-order chi connectivity index (χ1) is 13.4. The van der Waals surface area contributed by atoms with Crippen molar-refractivity contribution in [2.24, 2.45) is 0 Å². The Labute approximate surface area is 178 Å². The highest BCUT2D eigenvalue weighted by atomic mass is 35.5. The molecule has 2 aromatic rings. The van der Waals surface area contributed by atoms with Crippen molar-refractivity contribution < 1.29 is 13.2 Å². The number of nitrogens with zero attached hydrogens (tertiary/aromatic N) is 2. The Kier molecular flexibility index (Phi) is 6.51. The van der Waals surface area contributed by atoms with Crippen LogP contribution < -0.4 is 5.73 Å². The predicted molar refractivity (Wildman–Crippen MR) is 116 cm³/mol. The molecule has 0 atom stereocenters. The van der Waals surface area contributed by atoms with E-state index in [0.29, 0.717) is 43.2 Å². The van der Waals surface area contributed by atoms with Gasteiger partial charge in [0.15, 0.2) is 0 Å². The molecule has 1 aliphatic heterocycles. The Morgan fingerprint density at radius 3 is 2.28 bits per heavy atom. The summed E-state index contributed by atoms with van der Waals surface area (Å²) >= 11 is 0. The van der Waals surface area contributed by atoms with Crippen LogP contribution in [0.25, 0.3) is 0 Å². The number of rotatable bonds is 4. The van der Waals surface area contributed by atoms with Gasteiger partial charge in [-0.1, -0.05) is 18.2 Å². The van der Waals surface area contributed by atoms with Crippen molar-refractivity contribution in [2.45, 2.75) is 30.6 Å². The Hall–Kier alpha value is -2.09. The molecule has 1 fully saturated rings. The largest absolute Gasteiger partial charge is 0.399 e. The first-order valence-corrected chi connectivity index (χ1v) is 11.1. The molecule has 4 rings (SSSR count). The molecule has 1 aliphatic carbocycles. The molecule has 2 aliphatic rings. The van der Waals surface area contributed by atoms with Crippen LogP contribution >= 0.6 is 12.4 Å². The van der Waals surface area contributed by atoms with E-state index in [0.717, 1.165) is 30.4 Å². The van der Waals surface area contributed by atoms with Crippen molar-refractivity contribution in [1.82, 2.24) is 9.21 Å². The predicted octanol–water partition coefficient (Wildman–Crippen LogP) is 2.25. The summed E-state index contributed by atoms with van der Waals surface area (Å²) in [5.74, 6) is 0.0133. The minimum atomic E-state index is -3.51. The highest BCUT2D eigenvalue weighted by Crippen LogP contribution is 2.26. The van der Waals surface area contributed by atoms with Gasteiger partial charge in [-0.3, -0.25) is 4.79 Å². The van der Waals surface area contributed by atoms with Gasteiger partial charge >= 0.3 is 0 Å². The molecule has 0 unspecified atom stereocenters. The van der Waals surface area contributed by atoms with Gasteiger partial charge in [0.2, 0.25) is 15.9 Å². The number of amides is 1. The van der Waals surface area contributed by atoms with Crippen molar-refractivity contribution in [3.63, 3.8) is 0 Å². The Morgan fingerprint density at radius 1 is 0.931 bits per heavy atom. The fourth-order valence-electron chi connectivity index (χ4n) is 3.96. The number of halogens is 1. The molecule has 1 heterocycles. The molecule has 0 bridgehead atoms. The molecule has 0 aromatic heterocycles. The monoisotopic (exact) mass is 435 g/mol. The van der Waals surface area contributed by atoms with Gasteiger partial charge in [-0.2, -0.15) is 4.31 Å². The van der Waals surface area contributed by atoms with E-state index in [1.807, 2.05) is 24.3 Å². The molecule has 1 amide bonds. The van der Waals surface area contributed by atoms with E-state index in [2.05, 4.69) is 0 Å². The SMILES string of the molecule is Cl.Nc1ccc(CC(=O)N2CCN(S(=O)(=O)c3ccc4c(c3)CCC4)CC2)cc1. The number of nitrogen functional groups attached to an aromatic ring is 1. The van der Waals surface area contributed by atoms with Crippen molar-refractivity contribution >= 4 is 34.0 Å². The summed E-state index contributed by atoms with van der Waals surface area (Å²) in [5.41, 5.74) is 9.67. The summed E-state index contributed by atoms with van der Waals surface area (Å²) in [6, 6.07) is 12.8. The maximum Gasteiger partial charge on any atom is 0.243 e. The van der Waals surface area contributed by atoms with E-state index in [9.17, 15) is 13.2 Å². The van der Waals surface area contributed by atoms with Gasteiger partial charge in [0.25, 0.3) is 0 Å². The number of benzene rings is 2. The number of carbonyl (C=O) groups excluding carboxylic acids is 1. The first kappa shape index (κ1) is 21.6. The molecule has 0 spiro atoms. The highest BCUT2D eigenvalue weighted by molar-refractivity contribution is 7.89. The van der Waals surface area contributed by atoms with Gasteiger partial charge in [0, 0.05) is 31.9 Å². The molecular formula is C21H26ClN3O3S. The van der Waals surface area contributed by atoms with Crippen LogP contribution in [-0.4, -0.2) is 49.7 Å². The van der Waals surface area contributed by atoms with E-state index >= 15 is 0 Å². The van der Waals surface area contributed by atoms with Gasteiger partial charge in [0.05, 0.1) is 11.3 Å². The molecular weight excluding hydrogens is 410 g/mol. The van der Waals surface area contributed by atoms with Gasteiger partial charge in [-0.15, -0.1) is 12.4 Å². The Bertz CT molecular complexity index is 985. The number of piperazine rings is 1. The lowest BCUT2D eigenvalue weighted by Crippen LogP contribution is -2.50. The zero-order valence-electron chi connectivity index (χ0n) is 16.2. The van der Waals surface area contributed by atoms with Gasteiger partial charge < -0.3 is 10.6 Å². The Balaban J connectivity index is 0.00000240. The fourth-order valence-corrected chi connectivity index (χ4v) is 5.43. The van der Waals surface area contributed by atoms with Crippen LogP contribution in [0.3, 0.4) is 0 Å². The van der Waals surface area contributed by atoms with Crippen LogP contribution in [0.4, 0.5) is 5.69 Å². The number of anilines is 1. The summed E-state index contributed by atoms with van der Waals surface area (Å²) in [4.78, 5) is 14.6. The fraction of sp³-hybridized carbons (Fsp3) is 0.381. The second kappa shape index (κ2) is 8.73. The number of nitrogens with two attached hydrogens (primary N) is 1. The molecule has 6 nitrogen and oxygen atoms in total. The minimum absolute atomic E-state index is 0. The minimum Gasteiger partial charge on any atom is -0.399 e. The second-order valence-corrected chi connectivity index (χ2v) is 9.43. The summed E-state index contributed by atoms with van der Waals surface area (Å²) in [7, 11) is -3.51. The maximum absolute atomic E-state index is 13.0. The van der Waals surface area contributed by atoms with Crippen LogP contribution in [0.5, 0.6) is 0 Å². The molecule has 8 heteroatoms. The third-order valence-electron chi connectivity index (χ3n) is 5.63. The van der Waals surface area contributed by atoms with Crippen LogP contribution in [0, 0.1) is 0 Å². The van der Waals surface area contributed by atoms with Crippen molar-refractivity contribution in [3.8, 4) is 0 Å². The maximum atomic E-state index is 13.0. The smallest absolute Gasteiger partial charge is 0.243 e. The number of carbonyl (C=O) groups is 1. The zero-order chi connectivity index (χ0) is 19.7. The average Bonchev–Trinajstić information content (AvgIpc) is 3.17. The Morgan fingerprint density at radius 2 is 1.59 bits per heavy atom. The molecule has 0 radical (unpaired) electrons. The van der Waals surface area contributed by atoms with Crippen molar-refractivity contribution in [1.29, 1.82) is 0 Å². The number of hydrogen-bond donors (Lipinski definition) is 1. The van der Waals surface area contributed by atoms with Crippen LogP contribution in [0.15, 0.2) is 47.4 Å². The average molecular weight is 436 g/mol. The van der Waals surface area contributed by atoms with E-state index in [-0.39, 0.29) is 18.3 Å². The molecule has 2 aromatic carbocycles. The van der Waals surface area contributed by atoms with E-state index < -0.39 is 10.0 Å². The van der Waals surface area contributed by atoms with E-state index in [1.165, 1.54) is 9.87 Å². The van der Waals surface area contributed by atoms with Crippen molar-refractivity contribution in [2.75, 3.05) is 31.9 Å². The molecule has 1 saturated heterocycles. The molecule has 29 heavy (non-hydrogen) atoms. The third-order valence-corrected chi connectivity index (χ3v) is 7.53.